The van der Waals surface area contributed by atoms with Gasteiger partial charge >= 0.3 is 0 Å². The Kier molecular flexibility index (Phi) is 6.62. The first kappa shape index (κ1) is 22.8. The van der Waals surface area contributed by atoms with Crippen LogP contribution >= 0.6 is 11.6 Å². The van der Waals surface area contributed by atoms with Gasteiger partial charge in [-0.25, -0.2) is 8.78 Å². The monoisotopic (exact) mass is 465 g/mol. The van der Waals surface area contributed by atoms with Gasteiger partial charge < -0.3 is 9.80 Å². The number of aryl methyl sites for hydroxylation is 1. The molecule has 1 aliphatic heterocycles. The standard InChI is InChI=1S/C26H22ClF2N3O/c1-17-12-18(7-9-24(17)28)26(33)31-11-10-22(16-31)32(15-20-4-2-3-5-25(20)29)21-8-6-19(14-30)23(27)13-21/h2-9,12-13,22H,10-11,15-16H2,1H3/t22-/m0/s1. The maximum atomic E-state index is 14.5. The van der Waals surface area contributed by atoms with E-state index in [-0.39, 0.29) is 30.1 Å². The number of anilines is 1. The molecule has 0 aromatic heterocycles. The van der Waals surface area contributed by atoms with Crippen molar-refractivity contribution in [1.82, 2.24) is 4.90 Å². The molecular weight excluding hydrogens is 444 g/mol. The van der Waals surface area contributed by atoms with Crippen LogP contribution in [-0.2, 0) is 6.54 Å². The fourth-order valence-corrected chi connectivity index (χ4v) is 4.37. The lowest BCUT2D eigenvalue weighted by Gasteiger charge is -2.32. The van der Waals surface area contributed by atoms with E-state index < -0.39 is 0 Å². The van der Waals surface area contributed by atoms with Crippen LogP contribution in [0.4, 0.5) is 14.5 Å². The quantitative estimate of drug-likeness (QED) is 0.484. The molecule has 7 heteroatoms. The number of nitriles is 1. The Balaban J connectivity index is 1.61. The van der Waals surface area contributed by atoms with Gasteiger partial charge in [0.05, 0.1) is 10.6 Å². The molecule has 1 saturated heterocycles. The lowest BCUT2D eigenvalue weighted by molar-refractivity contribution is 0.0790. The molecule has 0 saturated carbocycles. The summed E-state index contributed by atoms with van der Waals surface area (Å²) < 4.78 is 28.1. The van der Waals surface area contributed by atoms with E-state index >= 15 is 0 Å². The van der Waals surface area contributed by atoms with E-state index in [1.165, 1.54) is 18.2 Å². The number of benzene rings is 3. The first-order valence-corrected chi connectivity index (χ1v) is 11.0. The number of carbonyl (C=O) groups is 1. The molecule has 0 N–H and O–H groups in total. The number of hydrogen-bond donors (Lipinski definition) is 0. The molecular formula is C26H22ClF2N3O. The number of amides is 1. The highest BCUT2D eigenvalue weighted by molar-refractivity contribution is 6.32. The van der Waals surface area contributed by atoms with Crippen molar-refractivity contribution in [2.75, 3.05) is 18.0 Å². The second-order valence-electron chi connectivity index (χ2n) is 8.15. The van der Waals surface area contributed by atoms with Crippen LogP contribution in [0.1, 0.15) is 33.5 Å². The van der Waals surface area contributed by atoms with Crippen LogP contribution in [-0.4, -0.2) is 29.9 Å². The molecule has 0 radical (unpaired) electrons. The third kappa shape index (κ3) is 4.84. The number of rotatable bonds is 5. The van der Waals surface area contributed by atoms with E-state index in [0.29, 0.717) is 46.8 Å². The second-order valence-corrected chi connectivity index (χ2v) is 8.56. The van der Waals surface area contributed by atoms with Gasteiger partial charge in [0.15, 0.2) is 0 Å². The average Bonchev–Trinajstić information content (AvgIpc) is 3.30. The maximum Gasteiger partial charge on any atom is 0.253 e. The predicted molar refractivity (Wildman–Crippen MR) is 124 cm³/mol. The van der Waals surface area contributed by atoms with E-state index in [9.17, 15) is 18.8 Å². The van der Waals surface area contributed by atoms with Gasteiger partial charge in [0.25, 0.3) is 5.91 Å². The van der Waals surface area contributed by atoms with Crippen molar-refractivity contribution in [1.29, 1.82) is 5.26 Å². The fourth-order valence-electron chi connectivity index (χ4n) is 4.16. The molecule has 33 heavy (non-hydrogen) atoms. The SMILES string of the molecule is Cc1cc(C(=O)N2CC[C@H](N(Cc3ccccc3F)c3ccc(C#N)c(Cl)c3)C2)ccc1F. The minimum atomic E-state index is -0.348. The molecule has 1 aliphatic rings. The molecule has 3 aromatic carbocycles. The van der Waals surface area contributed by atoms with Crippen molar-refractivity contribution in [3.8, 4) is 6.07 Å². The average molecular weight is 466 g/mol. The number of halogens is 3. The Morgan fingerprint density at radius 3 is 2.64 bits per heavy atom. The van der Waals surface area contributed by atoms with Crippen LogP contribution in [0, 0.1) is 29.9 Å². The van der Waals surface area contributed by atoms with E-state index in [1.54, 1.807) is 54.3 Å². The van der Waals surface area contributed by atoms with Gasteiger partial charge in [-0.2, -0.15) is 5.26 Å². The summed E-state index contributed by atoms with van der Waals surface area (Å²) in [5, 5.41) is 9.53. The maximum absolute atomic E-state index is 14.5. The highest BCUT2D eigenvalue weighted by Gasteiger charge is 2.32. The Morgan fingerprint density at radius 1 is 1.15 bits per heavy atom. The van der Waals surface area contributed by atoms with Crippen molar-refractivity contribution in [2.45, 2.75) is 25.9 Å². The Morgan fingerprint density at radius 2 is 1.94 bits per heavy atom. The minimum absolute atomic E-state index is 0.0842. The lowest BCUT2D eigenvalue weighted by Crippen LogP contribution is -2.39. The van der Waals surface area contributed by atoms with Crippen LogP contribution in [0.3, 0.4) is 0 Å². The summed E-state index contributed by atoms with van der Waals surface area (Å²) >= 11 is 6.28. The molecule has 0 aliphatic carbocycles. The molecule has 4 nitrogen and oxygen atoms in total. The largest absolute Gasteiger partial charge is 0.362 e. The van der Waals surface area contributed by atoms with E-state index in [4.69, 9.17) is 11.6 Å². The summed E-state index contributed by atoms with van der Waals surface area (Å²) in [5.41, 5.74) is 2.50. The molecule has 3 aromatic rings. The zero-order valence-corrected chi connectivity index (χ0v) is 18.8. The molecule has 1 heterocycles. The second kappa shape index (κ2) is 9.60. The third-order valence-corrected chi connectivity index (χ3v) is 6.31. The van der Waals surface area contributed by atoms with Gasteiger partial charge in [0.2, 0.25) is 0 Å². The van der Waals surface area contributed by atoms with Gasteiger partial charge in [0, 0.05) is 42.5 Å². The molecule has 1 amide bonds. The number of nitrogens with zero attached hydrogens (tertiary/aromatic N) is 3. The zero-order chi connectivity index (χ0) is 23.5. The van der Waals surface area contributed by atoms with Crippen molar-refractivity contribution in [2.24, 2.45) is 0 Å². The highest BCUT2D eigenvalue weighted by Crippen LogP contribution is 2.30. The summed E-state index contributed by atoms with van der Waals surface area (Å²) in [7, 11) is 0. The van der Waals surface area contributed by atoms with Gasteiger partial charge in [0.1, 0.15) is 17.7 Å². The molecule has 0 bridgehead atoms. The van der Waals surface area contributed by atoms with E-state index in [0.717, 1.165) is 5.69 Å². The molecule has 1 atom stereocenters. The van der Waals surface area contributed by atoms with Gasteiger partial charge in [-0.15, -0.1) is 0 Å². The van der Waals surface area contributed by atoms with Crippen molar-refractivity contribution < 1.29 is 13.6 Å². The Hall–Kier alpha value is -3.43. The number of likely N-dealkylation sites (tertiary alicyclic amines) is 1. The molecule has 4 rings (SSSR count). The van der Waals surface area contributed by atoms with Crippen LogP contribution in [0.5, 0.6) is 0 Å². The topological polar surface area (TPSA) is 47.3 Å². The Labute approximate surface area is 196 Å². The third-order valence-electron chi connectivity index (χ3n) is 6.00. The minimum Gasteiger partial charge on any atom is -0.362 e. The molecule has 1 fully saturated rings. The van der Waals surface area contributed by atoms with E-state index in [1.807, 2.05) is 11.0 Å². The highest BCUT2D eigenvalue weighted by atomic mass is 35.5. The Bertz CT molecular complexity index is 1240. The molecule has 0 spiro atoms. The van der Waals surface area contributed by atoms with Crippen LogP contribution < -0.4 is 4.90 Å². The predicted octanol–water partition coefficient (Wildman–Crippen LogP) is 5.72. The van der Waals surface area contributed by atoms with Crippen molar-refractivity contribution >= 4 is 23.2 Å². The zero-order valence-electron chi connectivity index (χ0n) is 18.1. The van der Waals surface area contributed by atoms with Gasteiger partial charge in [-0.3, -0.25) is 4.79 Å². The first-order valence-electron chi connectivity index (χ1n) is 10.6. The van der Waals surface area contributed by atoms with E-state index in [2.05, 4.69) is 0 Å². The van der Waals surface area contributed by atoms with Crippen LogP contribution in [0.15, 0.2) is 60.7 Å². The molecule has 168 valence electrons. The summed E-state index contributed by atoms with van der Waals surface area (Å²) in [5.74, 6) is -0.820. The fraction of sp³-hybridized carbons (Fsp3) is 0.231. The number of carbonyl (C=O) groups excluding carboxylic acids is 1. The summed E-state index contributed by atoms with van der Waals surface area (Å²) in [6, 6.07) is 18.0. The van der Waals surface area contributed by atoms with Gasteiger partial charge in [-0.05, 0) is 61.4 Å². The first-order chi connectivity index (χ1) is 15.9. The summed E-state index contributed by atoms with van der Waals surface area (Å²) in [6.45, 7) is 2.87. The number of hydrogen-bond acceptors (Lipinski definition) is 3. The molecule has 0 unspecified atom stereocenters. The lowest BCUT2D eigenvalue weighted by atomic mass is 10.1. The smallest absolute Gasteiger partial charge is 0.253 e. The van der Waals surface area contributed by atoms with Crippen molar-refractivity contribution in [3.63, 3.8) is 0 Å². The van der Waals surface area contributed by atoms with Gasteiger partial charge in [-0.1, -0.05) is 29.8 Å². The normalized spacial score (nSPS) is 15.4. The van der Waals surface area contributed by atoms with Crippen LogP contribution in [0.2, 0.25) is 5.02 Å². The summed E-state index contributed by atoms with van der Waals surface area (Å²) in [6.07, 6.45) is 0.679. The van der Waals surface area contributed by atoms with Crippen LogP contribution in [0.25, 0.3) is 0 Å². The summed E-state index contributed by atoms with van der Waals surface area (Å²) in [4.78, 5) is 16.8. The van der Waals surface area contributed by atoms with Crippen molar-refractivity contribution in [3.05, 3.63) is 99.6 Å².